The molecule has 2 atom stereocenters. The number of nitrogens with one attached hydrogen (secondary N) is 1. The van der Waals surface area contributed by atoms with Gasteiger partial charge in [0.2, 0.25) is 0 Å². The fourth-order valence-electron chi connectivity index (χ4n) is 4.32. The summed E-state index contributed by atoms with van der Waals surface area (Å²) in [6, 6.07) is 9.20. The molecule has 7 nitrogen and oxygen atoms in total. The third-order valence-corrected chi connectivity index (χ3v) is 5.89. The minimum Gasteiger partial charge on any atom is -0.380 e. The molecule has 2 aliphatic rings. The molecule has 1 saturated heterocycles. The molecule has 1 fully saturated rings. The van der Waals surface area contributed by atoms with Crippen LogP contribution in [0.3, 0.4) is 0 Å². The van der Waals surface area contributed by atoms with E-state index in [1.165, 1.54) is 0 Å². The zero-order valence-electron chi connectivity index (χ0n) is 16.8. The van der Waals surface area contributed by atoms with Crippen LogP contribution in [-0.4, -0.2) is 31.8 Å². The van der Waals surface area contributed by atoms with E-state index in [2.05, 4.69) is 15.2 Å². The number of amides is 1. The first-order valence-corrected chi connectivity index (χ1v) is 9.80. The van der Waals surface area contributed by atoms with Gasteiger partial charge >= 0.3 is 0 Å². The second kappa shape index (κ2) is 7.76. The number of nitrogens with zero attached hydrogens (tertiary/aromatic N) is 3. The molecule has 1 aliphatic heterocycles. The summed E-state index contributed by atoms with van der Waals surface area (Å²) in [5, 5.41) is 18.9. The number of aromatic amines is 1. The fourth-order valence-corrected chi connectivity index (χ4v) is 4.32. The molecule has 5 rings (SSSR count). The number of carbonyl (C=O) groups excluding carboxylic acids is 1. The van der Waals surface area contributed by atoms with Crippen molar-refractivity contribution in [3.05, 3.63) is 88.3 Å². The Kier molecular flexibility index (Phi) is 5.24. The number of carbonyl (C=O) groups is 1. The molecule has 1 aromatic carbocycles. The van der Waals surface area contributed by atoms with Crippen molar-refractivity contribution in [3.63, 3.8) is 0 Å². The number of hydrogen-bond donors (Lipinski definition) is 2. The number of aromatic nitrogens is 3. The SMILES string of the molecule is C[C@@]1(O)C(=O)N(c2cncc(Cc3n[nH]c(=O)c4ccccc34)c2)C2=CC=CCC21.Cl. The van der Waals surface area contributed by atoms with Gasteiger partial charge in [0, 0.05) is 29.6 Å². The number of pyridine rings is 1. The molecule has 1 amide bonds. The smallest absolute Gasteiger partial charge is 0.272 e. The number of hydrogen-bond acceptors (Lipinski definition) is 5. The average molecular weight is 437 g/mol. The van der Waals surface area contributed by atoms with Crippen LogP contribution in [0.4, 0.5) is 5.69 Å². The third-order valence-electron chi connectivity index (χ3n) is 5.89. The van der Waals surface area contributed by atoms with Gasteiger partial charge in [0.05, 0.1) is 23.0 Å². The largest absolute Gasteiger partial charge is 0.380 e. The molecule has 31 heavy (non-hydrogen) atoms. The van der Waals surface area contributed by atoms with Crippen LogP contribution in [0.1, 0.15) is 24.6 Å². The van der Waals surface area contributed by atoms with E-state index in [1.54, 1.807) is 30.3 Å². The minimum absolute atomic E-state index is 0. The van der Waals surface area contributed by atoms with Gasteiger partial charge in [0.15, 0.2) is 0 Å². The minimum atomic E-state index is -1.46. The molecule has 0 radical (unpaired) electrons. The highest BCUT2D eigenvalue weighted by atomic mass is 35.5. The van der Waals surface area contributed by atoms with E-state index < -0.39 is 5.60 Å². The molecule has 3 heterocycles. The number of allylic oxidation sites excluding steroid dienone is 3. The lowest BCUT2D eigenvalue weighted by Gasteiger charge is -2.22. The molecule has 8 heteroatoms. The molecule has 0 saturated carbocycles. The van der Waals surface area contributed by atoms with Crippen molar-refractivity contribution < 1.29 is 9.90 Å². The van der Waals surface area contributed by atoms with Crippen LogP contribution in [0.25, 0.3) is 10.8 Å². The van der Waals surface area contributed by atoms with Crippen LogP contribution in [0.2, 0.25) is 0 Å². The second-order valence-electron chi connectivity index (χ2n) is 7.87. The Hall–Kier alpha value is -3.29. The number of fused-ring (bicyclic) bond motifs is 2. The van der Waals surface area contributed by atoms with Crippen molar-refractivity contribution in [2.45, 2.75) is 25.4 Å². The maximum Gasteiger partial charge on any atom is 0.272 e. The normalized spacial score (nSPS) is 22.3. The lowest BCUT2D eigenvalue weighted by molar-refractivity contribution is -0.134. The predicted molar refractivity (Wildman–Crippen MR) is 120 cm³/mol. The number of halogens is 1. The van der Waals surface area contributed by atoms with Crippen molar-refractivity contribution in [3.8, 4) is 0 Å². The maximum atomic E-state index is 13.0. The summed E-state index contributed by atoms with van der Waals surface area (Å²) in [5.74, 6) is -0.627. The molecule has 2 aromatic heterocycles. The van der Waals surface area contributed by atoms with Gasteiger partial charge in [-0.05, 0) is 37.1 Å². The van der Waals surface area contributed by atoms with Gasteiger partial charge in [0.1, 0.15) is 5.60 Å². The van der Waals surface area contributed by atoms with Crippen LogP contribution >= 0.6 is 12.4 Å². The van der Waals surface area contributed by atoms with Gasteiger partial charge in [-0.3, -0.25) is 19.5 Å². The van der Waals surface area contributed by atoms with E-state index in [0.717, 1.165) is 22.3 Å². The lowest BCUT2D eigenvalue weighted by atomic mass is 9.85. The van der Waals surface area contributed by atoms with E-state index in [9.17, 15) is 14.7 Å². The summed E-state index contributed by atoms with van der Waals surface area (Å²) in [4.78, 5) is 30.9. The van der Waals surface area contributed by atoms with Crippen molar-refractivity contribution in [2.75, 3.05) is 4.90 Å². The monoisotopic (exact) mass is 436 g/mol. The van der Waals surface area contributed by atoms with Gasteiger partial charge in [-0.15, -0.1) is 12.4 Å². The first-order chi connectivity index (χ1) is 14.5. The lowest BCUT2D eigenvalue weighted by Crippen LogP contribution is -2.40. The molecule has 158 valence electrons. The Morgan fingerprint density at radius 1 is 1.23 bits per heavy atom. The first kappa shape index (κ1) is 21.0. The zero-order chi connectivity index (χ0) is 20.9. The Morgan fingerprint density at radius 2 is 2.00 bits per heavy atom. The Morgan fingerprint density at radius 3 is 2.81 bits per heavy atom. The van der Waals surface area contributed by atoms with Crippen molar-refractivity contribution in [2.24, 2.45) is 5.92 Å². The Balaban J connectivity index is 0.00000231. The van der Waals surface area contributed by atoms with Gasteiger partial charge in [0.25, 0.3) is 11.5 Å². The highest BCUT2D eigenvalue weighted by Gasteiger charge is 2.53. The number of rotatable bonds is 3. The Bertz CT molecular complexity index is 1300. The topological polar surface area (TPSA) is 99.2 Å². The number of anilines is 1. The quantitative estimate of drug-likeness (QED) is 0.657. The molecule has 0 bridgehead atoms. The number of H-pyrrole nitrogens is 1. The van der Waals surface area contributed by atoms with Crippen LogP contribution in [0, 0.1) is 5.92 Å². The van der Waals surface area contributed by atoms with Crippen LogP contribution in [0.15, 0.2) is 71.4 Å². The molecule has 1 aliphatic carbocycles. The highest BCUT2D eigenvalue weighted by molar-refractivity contribution is 6.06. The van der Waals surface area contributed by atoms with Crippen molar-refractivity contribution >= 4 is 34.8 Å². The Labute approximate surface area is 184 Å². The molecular formula is C23H21ClN4O3. The first-order valence-electron chi connectivity index (χ1n) is 9.80. The van der Waals surface area contributed by atoms with Crippen LogP contribution in [-0.2, 0) is 11.2 Å². The summed E-state index contributed by atoms with van der Waals surface area (Å²) in [6.07, 6.45) is 10.1. The number of aliphatic hydroxyl groups is 1. The van der Waals surface area contributed by atoms with E-state index in [1.807, 2.05) is 42.5 Å². The van der Waals surface area contributed by atoms with Gasteiger partial charge in [-0.2, -0.15) is 5.10 Å². The highest BCUT2D eigenvalue weighted by Crippen LogP contribution is 2.43. The second-order valence-corrected chi connectivity index (χ2v) is 7.87. The summed E-state index contributed by atoms with van der Waals surface area (Å²) in [7, 11) is 0. The van der Waals surface area contributed by atoms with E-state index in [4.69, 9.17) is 0 Å². The predicted octanol–water partition coefficient (Wildman–Crippen LogP) is 2.89. The van der Waals surface area contributed by atoms with Crippen molar-refractivity contribution in [1.29, 1.82) is 0 Å². The molecule has 2 N–H and O–H groups in total. The van der Waals surface area contributed by atoms with Gasteiger partial charge < -0.3 is 5.11 Å². The number of benzene rings is 1. The van der Waals surface area contributed by atoms with Crippen molar-refractivity contribution in [1.82, 2.24) is 15.2 Å². The van der Waals surface area contributed by atoms with Crippen LogP contribution < -0.4 is 10.5 Å². The summed E-state index contributed by atoms with van der Waals surface area (Å²) in [5.41, 5.74) is 1.27. The van der Waals surface area contributed by atoms with Gasteiger partial charge in [-0.25, -0.2) is 5.10 Å². The van der Waals surface area contributed by atoms with Crippen LogP contribution in [0.5, 0.6) is 0 Å². The fraction of sp³-hybridized carbons (Fsp3) is 0.217. The summed E-state index contributed by atoms with van der Waals surface area (Å²) >= 11 is 0. The molecular weight excluding hydrogens is 416 g/mol. The maximum absolute atomic E-state index is 13.0. The summed E-state index contributed by atoms with van der Waals surface area (Å²) < 4.78 is 0. The third kappa shape index (κ3) is 3.36. The van der Waals surface area contributed by atoms with E-state index >= 15 is 0 Å². The molecule has 3 aromatic rings. The van der Waals surface area contributed by atoms with Gasteiger partial charge in [-0.1, -0.05) is 30.4 Å². The molecule has 0 spiro atoms. The average Bonchev–Trinajstić information content (AvgIpc) is 2.96. The zero-order valence-corrected chi connectivity index (χ0v) is 17.6. The standard InChI is InChI=1S/C23H20N4O3.ClH/c1-23(30)18-8-4-5-9-20(18)27(22(23)29)15-10-14(12-24-13-15)11-19-16-6-2-3-7-17(16)21(28)26-25-19;/h2-7,9-10,12-13,18,30H,8,11H2,1H3,(H,26,28);1H/t18?,23-;/m0./s1. The van der Waals surface area contributed by atoms with E-state index in [-0.39, 0.29) is 29.8 Å². The van der Waals surface area contributed by atoms with E-state index in [0.29, 0.717) is 23.9 Å². The molecule has 1 unspecified atom stereocenters. The summed E-state index contributed by atoms with van der Waals surface area (Å²) in [6.45, 7) is 1.57.